The maximum Gasteiger partial charge on any atom is 0.259 e. The average Bonchev–Trinajstić information content (AvgIpc) is 3.86. The predicted molar refractivity (Wildman–Crippen MR) is 238 cm³/mol. The van der Waals surface area contributed by atoms with Gasteiger partial charge in [-0.05, 0) is 68.7 Å². The molecule has 1 aliphatic heterocycles. The van der Waals surface area contributed by atoms with E-state index in [1.165, 1.54) is 6.33 Å². The average molecular weight is 863 g/mol. The molecule has 1 saturated heterocycles. The Bertz CT molecular complexity index is 2240. The predicted octanol–water partition coefficient (Wildman–Crippen LogP) is 7.65. The number of methoxy groups -OCH3 is 2. The van der Waals surface area contributed by atoms with Crippen molar-refractivity contribution in [2.45, 2.75) is 76.3 Å². The summed E-state index contributed by atoms with van der Waals surface area (Å²) in [5.41, 5.74) is 2.33. The molecule has 0 bridgehead atoms. The second-order valence-electron chi connectivity index (χ2n) is 15.2. The first-order valence-corrected chi connectivity index (χ1v) is 21.5. The fraction of sp³-hybridized carbons (Fsp3) is 0.413. The number of ether oxygens (including phenoxy) is 5. The van der Waals surface area contributed by atoms with Crippen LogP contribution < -0.4 is 9.47 Å². The summed E-state index contributed by atoms with van der Waals surface area (Å²) in [6, 6.07) is 27.9. The maximum absolute atomic E-state index is 9.50. The Balaban J connectivity index is 1.51. The first-order chi connectivity index (χ1) is 30.1. The van der Waals surface area contributed by atoms with E-state index in [4.69, 9.17) is 44.1 Å². The van der Waals surface area contributed by atoms with Crippen molar-refractivity contribution in [2.75, 3.05) is 48.1 Å². The van der Waals surface area contributed by atoms with E-state index < -0.39 is 38.7 Å². The number of nitrogens with zero attached hydrogens (tertiary/aromatic N) is 8. The van der Waals surface area contributed by atoms with E-state index in [0.717, 1.165) is 16.7 Å². The van der Waals surface area contributed by atoms with Gasteiger partial charge in [-0.1, -0.05) is 60.5 Å². The Hall–Kier alpha value is -5.48. The summed E-state index contributed by atoms with van der Waals surface area (Å²) in [6.45, 7) is 8.44. The maximum atomic E-state index is 9.50. The fourth-order valence-electron chi connectivity index (χ4n) is 7.49. The number of aliphatic imine (C=N–C) groups is 1. The number of rotatable bonds is 21. The van der Waals surface area contributed by atoms with E-state index in [2.05, 4.69) is 59.3 Å². The topological polar surface area (TPSA) is 151 Å². The van der Waals surface area contributed by atoms with Gasteiger partial charge in [0.1, 0.15) is 48.3 Å². The molecule has 15 nitrogen and oxygen atoms in total. The molecule has 5 aromatic rings. The number of aromatic nitrogens is 4. The molecule has 1 fully saturated rings. The monoisotopic (exact) mass is 862 g/mol. The van der Waals surface area contributed by atoms with Crippen molar-refractivity contribution in [3.8, 4) is 29.9 Å². The summed E-state index contributed by atoms with van der Waals surface area (Å²) in [6.07, 6.45) is 7.47. The number of nitriles is 1. The van der Waals surface area contributed by atoms with E-state index in [1.807, 2.05) is 97.9 Å². The lowest BCUT2D eigenvalue weighted by molar-refractivity contribution is -0.0944. The quantitative estimate of drug-likeness (QED) is 0.0178. The zero-order valence-corrected chi connectivity index (χ0v) is 37.4. The molecule has 0 amide bonds. The molecule has 0 radical (unpaired) electrons. The van der Waals surface area contributed by atoms with Gasteiger partial charge in [0.2, 0.25) is 0 Å². The van der Waals surface area contributed by atoms with Gasteiger partial charge >= 0.3 is 0 Å². The molecule has 0 saturated carbocycles. The third-order valence-electron chi connectivity index (χ3n) is 10.2. The molecule has 0 N–H and O–H groups in total. The van der Waals surface area contributed by atoms with Gasteiger partial charge in [-0.3, -0.25) is 4.57 Å². The van der Waals surface area contributed by atoms with Crippen molar-refractivity contribution in [1.82, 2.24) is 29.1 Å². The Morgan fingerprint density at radius 1 is 0.903 bits per heavy atom. The highest BCUT2D eigenvalue weighted by atomic mass is 31.2. The number of terminal acetylenes is 1. The van der Waals surface area contributed by atoms with E-state index in [-0.39, 0.29) is 38.3 Å². The Labute approximate surface area is 365 Å². The minimum atomic E-state index is -1.79. The Kier molecular flexibility index (Phi) is 16.0. The van der Waals surface area contributed by atoms with Crippen LogP contribution in [0.25, 0.3) is 11.2 Å². The van der Waals surface area contributed by atoms with Crippen molar-refractivity contribution in [1.29, 1.82) is 5.26 Å². The number of fused-ring (bicyclic) bond motifs is 1. The van der Waals surface area contributed by atoms with Crippen molar-refractivity contribution in [3.63, 3.8) is 0 Å². The van der Waals surface area contributed by atoms with Gasteiger partial charge in [0.05, 0.1) is 52.6 Å². The third kappa shape index (κ3) is 10.2. The van der Waals surface area contributed by atoms with Crippen LogP contribution in [0.1, 0.15) is 57.0 Å². The SMILES string of the molecule is C#CCO[C@@H]1[C@H](OP(OCCC#N)N(C(C)C)C(C)C)[C@@H](COC(c2ccccc2)(c2ccc(OC)cc2)c2ccc(OC)cc2)O[C@H]1n1cnc2c(/N=C/N(C)C)ncnc21. The van der Waals surface area contributed by atoms with Crippen LogP contribution in [0.5, 0.6) is 11.5 Å². The molecule has 0 aliphatic carbocycles. The van der Waals surface area contributed by atoms with Crippen molar-refractivity contribution >= 4 is 31.8 Å². The lowest BCUT2D eigenvalue weighted by Crippen LogP contribution is -2.43. The highest BCUT2D eigenvalue weighted by Crippen LogP contribution is 2.51. The number of imidazole rings is 1. The molecule has 1 aliphatic rings. The molecule has 326 valence electrons. The molecule has 5 atom stereocenters. The largest absolute Gasteiger partial charge is 0.497 e. The molecule has 6 rings (SSSR count). The minimum Gasteiger partial charge on any atom is -0.497 e. The molecule has 16 heteroatoms. The van der Waals surface area contributed by atoms with Gasteiger partial charge in [-0.15, -0.1) is 6.42 Å². The van der Waals surface area contributed by atoms with Crippen molar-refractivity contribution in [2.24, 2.45) is 4.99 Å². The number of hydrogen-bond acceptors (Lipinski definition) is 13. The van der Waals surface area contributed by atoms with Crippen LogP contribution >= 0.6 is 8.53 Å². The molecular formula is C46H55N8O7P. The van der Waals surface area contributed by atoms with Crippen LogP contribution in [0.4, 0.5) is 5.82 Å². The Morgan fingerprint density at radius 3 is 2.10 bits per heavy atom. The third-order valence-corrected chi connectivity index (χ3v) is 12.3. The molecule has 3 aromatic carbocycles. The van der Waals surface area contributed by atoms with Crippen molar-refractivity contribution < 1.29 is 32.7 Å². The zero-order valence-electron chi connectivity index (χ0n) is 36.5. The lowest BCUT2D eigenvalue weighted by Gasteiger charge is -2.39. The summed E-state index contributed by atoms with van der Waals surface area (Å²) in [5.74, 6) is 4.42. The van der Waals surface area contributed by atoms with E-state index in [9.17, 15) is 5.26 Å². The van der Waals surface area contributed by atoms with Crippen LogP contribution in [0.15, 0.2) is 96.5 Å². The highest BCUT2D eigenvalue weighted by Gasteiger charge is 2.51. The number of hydrogen-bond donors (Lipinski definition) is 0. The highest BCUT2D eigenvalue weighted by molar-refractivity contribution is 7.44. The van der Waals surface area contributed by atoms with Gasteiger partial charge in [-0.25, -0.2) is 24.6 Å². The van der Waals surface area contributed by atoms with Gasteiger partial charge in [0.25, 0.3) is 8.53 Å². The molecule has 0 spiro atoms. The van der Waals surface area contributed by atoms with Crippen LogP contribution in [-0.4, -0.2) is 114 Å². The number of benzene rings is 3. The summed E-state index contributed by atoms with van der Waals surface area (Å²) in [5, 5.41) is 9.50. The summed E-state index contributed by atoms with van der Waals surface area (Å²) in [4.78, 5) is 20.1. The normalized spacial score (nSPS) is 18.4. The van der Waals surface area contributed by atoms with Crippen LogP contribution in [0, 0.1) is 23.7 Å². The second-order valence-corrected chi connectivity index (χ2v) is 16.6. The molecule has 62 heavy (non-hydrogen) atoms. The standard InChI is InChI=1S/C46H55N8O7P/c1-10-26-57-42-41(61-62(59-27-14-25-47)54(32(2)3)33(4)5)39(60-45(42)53-31-50-40-43(51-30-52(6)7)48-29-49-44(40)53)28-58-46(34-15-12-11-13-16-34,35-17-21-37(55-8)22-18-35)36-19-23-38(56-9)24-20-36/h1,11-13,15-24,29-33,39,41-42,45H,14,26-28H2,2-9H3/b51-30+/t39-,41-,42-,45-,62?/m1/s1. The summed E-state index contributed by atoms with van der Waals surface area (Å²) in [7, 11) is 5.23. The zero-order chi connectivity index (χ0) is 44.2. The molecule has 3 heterocycles. The second kappa shape index (κ2) is 21.5. The van der Waals surface area contributed by atoms with Gasteiger partial charge in [0.15, 0.2) is 23.2 Å². The molecule has 1 unspecified atom stereocenters. The Morgan fingerprint density at radius 2 is 1.53 bits per heavy atom. The minimum absolute atomic E-state index is 0.00521. The fourth-order valence-corrected chi connectivity index (χ4v) is 9.25. The van der Waals surface area contributed by atoms with Crippen LogP contribution in [0.3, 0.4) is 0 Å². The van der Waals surface area contributed by atoms with Gasteiger partial charge in [0, 0.05) is 26.2 Å². The van der Waals surface area contributed by atoms with Gasteiger partial charge < -0.3 is 37.6 Å². The lowest BCUT2D eigenvalue weighted by atomic mass is 9.80. The summed E-state index contributed by atoms with van der Waals surface area (Å²) < 4.78 is 49.8. The van der Waals surface area contributed by atoms with Crippen LogP contribution in [0.2, 0.25) is 0 Å². The first kappa shape index (κ1) is 46.0. The van der Waals surface area contributed by atoms with Crippen molar-refractivity contribution in [3.05, 3.63) is 108 Å². The molecular weight excluding hydrogens is 808 g/mol. The smallest absolute Gasteiger partial charge is 0.259 e. The first-order valence-electron chi connectivity index (χ1n) is 20.4. The van der Waals surface area contributed by atoms with Crippen LogP contribution in [-0.2, 0) is 28.9 Å². The van der Waals surface area contributed by atoms with E-state index >= 15 is 0 Å². The van der Waals surface area contributed by atoms with E-state index in [0.29, 0.717) is 28.5 Å². The summed E-state index contributed by atoms with van der Waals surface area (Å²) >= 11 is 0. The van der Waals surface area contributed by atoms with Gasteiger partial charge in [-0.2, -0.15) is 5.26 Å². The van der Waals surface area contributed by atoms with E-state index in [1.54, 1.807) is 31.5 Å². The molecule has 2 aromatic heterocycles.